The van der Waals surface area contributed by atoms with Gasteiger partial charge in [-0.1, -0.05) is 0 Å². The molecule has 1 atom stereocenters. The Kier molecular flexibility index (Phi) is 2.25. The van der Waals surface area contributed by atoms with Crippen LogP contribution in [0.5, 0.6) is 0 Å². The van der Waals surface area contributed by atoms with E-state index >= 15 is 0 Å². The van der Waals surface area contributed by atoms with Crippen LogP contribution in [0, 0.1) is 0 Å². The maximum Gasteiger partial charge on any atom is 0.397 e. The van der Waals surface area contributed by atoms with Gasteiger partial charge < -0.3 is 0 Å². The van der Waals surface area contributed by atoms with Gasteiger partial charge in [0, 0.05) is 5.41 Å². The summed E-state index contributed by atoms with van der Waals surface area (Å²) in [7, 11) is -7.92. The third kappa shape index (κ3) is 2.89. The number of hydrogen-bond donors (Lipinski definition) is 1. The normalized spacial score (nSPS) is 27.6. The van der Waals surface area contributed by atoms with Gasteiger partial charge in [0.1, 0.15) is 6.10 Å². The van der Waals surface area contributed by atoms with E-state index in [0.29, 0.717) is 0 Å². The average Bonchev–Trinajstić information content (AvgIpc) is 2.05. The second-order valence-electron chi connectivity index (χ2n) is 2.22. The van der Waals surface area contributed by atoms with Crippen LogP contribution < -0.4 is 0 Å². The second-order valence-corrected chi connectivity index (χ2v) is 5.20. The molecule has 0 radical (unpaired) electrons. The van der Waals surface area contributed by atoms with E-state index in [1.54, 1.807) is 0 Å². The molecule has 1 N–H and O–H groups in total. The molecule has 1 aliphatic heterocycles. The lowest BCUT2D eigenvalue weighted by atomic mass is 10.4. The fourth-order valence-corrected chi connectivity index (χ4v) is 2.46. The molecule has 0 saturated heterocycles. The van der Waals surface area contributed by atoms with E-state index in [0.717, 1.165) is 11.5 Å². The standard InChI is InChI=1S/C4H6O6S2/c5-11(6)2-1-4(3-11)10-12(7,8)9/h1-2,4H,3H2,(H,7,8,9)/t4-/m1/s1. The predicted octanol–water partition coefficient (Wildman–Crippen LogP) is -0.883. The molecule has 6 nitrogen and oxygen atoms in total. The highest BCUT2D eigenvalue weighted by Crippen LogP contribution is 2.12. The van der Waals surface area contributed by atoms with Gasteiger partial charge in [-0.2, -0.15) is 8.42 Å². The topological polar surface area (TPSA) is 97.7 Å². The monoisotopic (exact) mass is 214 g/mol. The number of rotatable bonds is 2. The largest absolute Gasteiger partial charge is 0.397 e. The zero-order valence-electron chi connectivity index (χ0n) is 5.74. The van der Waals surface area contributed by atoms with Gasteiger partial charge in [-0.05, 0) is 6.08 Å². The first-order valence-corrected chi connectivity index (χ1v) is 5.93. The molecule has 0 saturated carbocycles. The highest BCUT2D eigenvalue weighted by Gasteiger charge is 2.26. The molecule has 0 aromatic heterocycles. The van der Waals surface area contributed by atoms with Crippen molar-refractivity contribution in [1.29, 1.82) is 0 Å². The SMILES string of the molecule is O=S1(=O)C=C[C@@H](OS(=O)(=O)O)C1. The Bertz CT molecular complexity index is 387. The Balaban J connectivity index is 2.69. The fraction of sp³-hybridized carbons (Fsp3) is 0.500. The highest BCUT2D eigenvalue weighted by atomic mass is 32.3. The molecule has 0 aromatic carbocycles. The summed E-state index contributed by atoms with van der Waals surface area (Å²) in [6, 6.07) is 0. The van der Waals surface area contributed by atoms with Crippen LogP contribution >= 0.6 is 0 Å². The smallest absolute Gasteiger partial charge is 0.264 e. The third-order valence-electron chi connectivity index (χ3n) is 1.14. The van der Waals surface area contributed by atoms with Crippen molar-refractivity contribution < 1.29 is 25.6 Å². The van der Waals surface area contributed by atoms with E-state index in [-0.39, 0.29) is 0 Å². The van der Waals surface area contributed by atoms with Gasteiger partial charge in [0.25, 0.3) is 0 Å². The first kappa shape index (κ1) is 9.65. The summed E-state index contributed by atoms with van der Waals surface area (Å²) in [6.07, 6.45) is -0.0478. The third-order valence-corrected chi connectivity index (χ3v) is 3.00. The Morgan fingerprint density at radius 2 is 2.08 bits per heavy atom. The molecule has 0 amide bonds. The molecule has 0 spiro atoms. The quantitative estimate of drug-likeness (QED) is 0.599. The summed E-state index contributed by atoms with van der Waals surface area (Å²) >= 11 is 0. The molecular formula is C4H6O6S2. The van der Waals surface area contributed by atoms with Crippen molar-refractivity contribution in [3.8, 4) is 0 Å². The van der Waals surface area contributed by atoms with Crippen molar-refractivity contribution in [2.24, 2.45) is 0 Å². The zero-order valence-corrected chi connectivity index (χ0v) is 7.38. The molecule has 8 heteroatoms. The Morgan fingerprint density at radius 1 is 1.50 bits per heavy atom. The van der Waals surface area contributed by atoms with Gasteiger partial charge in [0.15, 0.2) is 9.84 Å². The van der Waals surface area contributed by atoms with E-state index in [9.17, 15) is 16.8 Å². The minimum absolute atomic E-state index is 0.452. The predicted molar refractivity (Wildman–Crippen MR) is 39.3 cm³/mol. The minimum atomic E-state index is -4.57. The number of sulfone groups is 1. The summed E-state index contributed by atoms with van der Waals surface area (Å²) in [5.41, 5.74) is 0. The van der Waals surface area contributed by atoms with E-state index in [2.05, 4.69) is 4.18 Å². The minimum Gasteiger partial charge on any atom is -0.264 e. The van der Waals surface area contributed by atoms with Crippen LogP contribution in [0.2, 0.25) is 0 Å². The first-order chi connectivity index (χ1) is 5.29. The Labute approximate surface area is 69.7 Å². The summed E-state index contributed by atoms with van der Waals surface area (Å²) in [5.74, 6) is -0.452. The Morgan fingerprint density at radius 3 is 2.42 bits per heavy atom. The number of hydrogen-bond acceptors (Lipinski definition) is 5. The molecule has 0 aromatic rings. The molecule has 0 unspecified atom stereocenters. The van der Waals surface area contributed by atoms with Gasteiger partial charge >= 0.3 is 10.4 Å². The van der Waals surface area contributed by atoms with Crippen LogP contribution in [0.4, 0.5) is 0 Å². The molecule has 70 valence electrons. The van der Waals surface area contributed by atoms with Crippen LogP contribution in [-0.4, -0.2) is 33.2 Å². The van der Waals surface area contributed by atoms with Crippen LogP contribution in [0.25, 0.3) is 0 Å². The zero-order chi connectivity index (χ0) is 9.41. The van der Waals surface area contributed by atoms with E-state index in [4.69, 9.17) is 4.55 Å². The van der Waals surface area contributed by atoms with Gasteiger partial charge in [-0.25, -0.2) is 12.6 Å². The molecule has 1 aliphatic rings. The summed E-state index contributed by atoms with van der Waals surface area (Å²) in [5, 5.41) is 0.850. The van der Waals surface area contributed by atoms with Crippen LogP contribution in [0.15, 0.2) is 11.5 Å². The fourth-order valence-electron chi connectivity index (χ4n) is 0.763. The van der Waals surface area contributed by atoms with Gasteiger partial charge in [0.2, 0.25) is 0 Å². The first-order valence-electron chi connectivity index (χ1n) is 2.85. The van der Waals surface area contributed by atoms with Gasteiger partial charge in [-0.3, -0.25) is 4.55 Å². The van der Waals surface area contributed by atoms with Crippen LogP contribution in [0.3, 0.4) is 0 Å². The van der Waals surface area contributed by atoms with Crippen molar-refractivity contribution in [2.75, 3.05) is 5.75 Å². The molecule has 1 heterocycles. The molecule has 0 bridgehead atoms. The van der Waals surface area contributed by atoms with Crippen molar-refractivity contribution in [2.45, 2.75) is 6.10 Å². The Hall–Kier alpha value is -0.440. The average molecular weight is 214 g/mol. The van der Waals surface area contributed by atoms with Crippen LogP contribution in [-0.2, 0) is 24.4 Å². The van der Waals surface area contributed by atoms with Crippen molar-refractivity contribution in [1.82, 2.24) is 0 Å². The van der Waals surface area contributed by atoms with E-state index in [1.165, 1.54) is 0 Å². The van der Waals surface area contributed by atoms with Crippen molar-refractivity contribution >= 4 is 20.2 Å². The van der Waals surface area contributed by atoms with Crippen LogP contribution in [0.1, 0.15) is 0 Å². The highest BCUT2D eigenvalue weighted by molar-refractivity contribution is 7.94. The van der Waals surface area contributed by atoms with Crippen molar-refractivity contribution in [3.05, 3.63) is 11.5 Å². The lowest BCUT2D eigenvalue weighted by Crippen LogP contribution is -2.19. The summed E-state index contributed by atoms with van der Waals surface area (Å²) < 4.78 is 53.7. The molecule has 12 heavy (non-hydrogen) atoms. The maximum atomic E-state index is 10.7. The molecular weight excluding hydrogens is 208 g/mol. The summed E-state index contributed by atoms with van der Waals surface area (Å²) in [6.45, 7) is 0. The van der Waals surface area contributed by atoms with E-state index < -0.39 is 32.1 Å². The lowest BCUT2D eigenvalue weighted by molar-refractivity contribution is 0.238. The van der Waals surface area contributed by atoms with Gasteiger partial charge in [0.05, 0.1) is 5.75 Å². The molecule has 0 fully saturated rings. The van der Waals surface area contributed by atoms with Crippen molar-refractivity contribution in [3.63, 3.8) is 0 Å². The summed E-state index contributed by atoms with van der Waals surface area (Å²) in [4.78, 5) is 0. The molecule has 0 aliphatic carbocycles. The lowest BCUT2D eigenvalue weighted by Gasteiger charge is -2.03. The van der Waals surface area contributed by atoms with Gasteiger partial charge in [-0.15, -0.1) is 0 Å². The molecule has 1 rings (SSSR count). The van der Waals surface area contributed by atoms with E-state index in [1.807, 2.05) is 0 Å². The maximum absolute atomic E-state index is 10.7. The second kappa shape index (κ2) is 2.80.